The van der Waals surface area contributed by atoms with Crippen LogP contribution in [0.1, 0.15) is 58.3 Å². The van der Waals surface area contributed by atoms with Gasteiger partial charge in [0.2, 0.25) is 0 Å². The molecule has 2 nitrogen and oxygen atoms in total. The summed E-state index contributed by atoms with van der Waals surface area (Å²) in [6.07, 6.45) is 10.9. The molecule has 2 heteroatoms. The molecule has 0 bridgehead atoms. The van der Waals surface area contributed by atoms with E-state index in [9.17, 15) is 0 Å². The molecule has 0 amide bonds. The molecule has 0 heterocycles. The maximum absolute atomic E-state index is 5.99. The van der Waals surface area contributed by atoms with Crippen LogP contribution in [-0.4, -0.2) is 30.1 Å². The van der Waals surface area contributed by atoms with Gasteiger partial charge in [0.1, 0.15) is 0 Å². The zero-order chi connectivity index (χ0) is 11.4. The highest BCUT2D eigenvalue weighted by Gasteiger charge is 2.27. The minimum absolute atomic E-state index is 0.489. The molecule has 2 aliphatic rings. The van der Waals surface area contributed by atoms with Crippen molar-refractivity contribution in [1.29, 1.82) is 0 Å². The summed E-state index contributed by atoms with van der Waals surface area (Å²) in [5, 5.41) is 0. The highest BCUT2D eigenvalue weighted by molar-refractivity contribution is 4.83. The van der Waals surface area contributed by atoms with Crippen molar-refractivity contribution in [3.8, 4) is 0 Å². The SMILES string of the molecule is CCCN(CC1CCC1)C1CCC(N)CC1. The van der Waals surface area contributed by atoms with E-state index < -0.39 is 0 Å². The van der Waals surface area contributed by atoms with Gasteiger partial charge in [-0.25, -0.2) is 0 Å². The van der Waals surface area contributed by atoms with Gasteiger partial charge in [0.25, 0.3) is 0 Å². The first-order chi connectivity index (χ1) is 7.79. The summed E-state index contributed by atoms with van der Waals surface area (Å²) in [5.74, 6) is 1.02. The van der Waals surface area contributed by atoms with E-state index in [-0.39, 0.29) is 0 Å². The van der Waals surface area contributed by atoms with Gasteiger partial charge in [-0.2, -0.15) is 0 Å². The summed E-state index contributed by atoms with van der Waals surface area (Å²) in [4.78, 5) is 2.77. The van der Waals surface area contributed by atoms with Crippen molar-refractivity contribution >= 4 is 0 Å². The van der Waals surface area contributed by atoms with Crippen molar-refractivity contribution in [2.75, 3.05) is 13.1 Å². The first kappa shape index (κ1) is 12.4. The van der Waals surface area contributed by atoms with Crippen molar-refractivity contribution in [2.24, 2.45) is 11.7 Å². The fourth-order valence-electron chi connectivity index (χ4n) is 3.18. The predicted octanol–water partition coefficient (Wildman–Crippen LogP) is 2.77. The summed E-state index contributed by atoms with van der Waals surface area (Å²) in [6, 6.07) is 1.34. The second kappa shape index (κ2) is 6.02. The van der Waals surface area contributed by atoms with E-state index >= 15 is 0 Å². The second-order valence-electron chi connectivity index (χ2n) is 5.86. The Balaban J connectivity index is 1.80. The van der Waals surface area contributed by atoms with Crippen molar-refractivity contribution in [2.45, 2.75) is 70.4 Å². The molecule has 0 spiro atoms. The average molecular weight is 224 g/mol. The Bertz CT molecular complexity index is 193. The molecule has 0 atom stereocenters. The fraction of sp³-hybridized carbons (Fsp3) is 1.00. The van der Waals surface area contributed by atoms with Crippen LogP contribution in [0.2, 0.25) is 0 Å². The molecule has 0 aliphatic heterocycles. The Labute approximate surface area is 101 Å². The average Bonchev–Trinajstić information content (AvgIpc) is 2.23. The van der Waals surface area contributed by atoms with Crippen LogP contribution in [0.4, 0.5) is 0 Å². The zero-order valence-corrected chi connectivity index (χ0v) is 10.8. The second-order valence-corrected chi connectivity index (χ2v) is 5.86. The molecule has 0 saturated heterocycles. The van der Waals surface area contributed by atoms with Gasteiger partial charge in [0, 0.05) is 18.6 Å². The van der Waals surface area contributed by atoms with Gasteiger partial charge < -0.3 is 10.6 Å². The maximum atomic E-state index is 5.99. The van der Waals surface area contributed by atoms with Crippen LogP contribution in [0, 0.1) is 5.92 Å². The topological polar surface area (TPSA) is 29.3 Å². The smallest absolute Gasteiger partial charge is 0.00965 e. The molecule has 16 heavy (non-hydrogen) atoms. The molecule has 0 radical (unpaired) electrons. The third-order valence-corrected chi connectivity index (χ3v) is 4.49. The summed E-state index contributed by atoms with van der Waals surface area (Å²) >= 11 is 0. The van der Waals surface area contributed by atoms with E-state index in [1.54, 1.807) is 0 Å². The molecule has 94 valence electrons. The fourth-order valence-corrected chi connectivity index (χ4v) is 3.18. The Morgan fingerprint density at radius 2 is 1.75 bits per heavy atom. The van der Waals surface area contributed by atoms with Crippen LogP contribution in [-0.2, 0) is 0 Å². The number of hydrogen-bond donors (Lipinski definition) is 1. The number of nitrogens with zero attached hydrogens (tertiary/aromatic N) is 1. The molecule has 2 rings (SSSR count). The van der Waals surface area contributed by atoms with Crippen LogP contribution in [0.3, 0.4) is 0 Å². The lowest BCUT2D eigenvalue weighted by Crippen LogP contribution is -2.44. The molecule has 2 saturated carbocycles. The Hall–Kier alpha value is -0.0800. The van der Waals surface area contributed by atoms with Crippen LogP contribution in [0.15, 0.2) is 0 Å². The summed E-state index contributed by atoms with van der Waals surface area (Å²) < 4.78 is 0. The molecular weight excluding hydrogens is 196 g/mol. The van der Waals surface area contributed by atoms with E-state index in [1.165, 1.54) is 64.5 Å². The first-order valence-corrected chi connectivity index (χ1v) is 7.29. The van der Waals surface area contributed by atoms with Crippen molar-refractivity contribution in [1.82, 2.24) is 4.90 Å². The highest BCUT2D eigenvalue weighted by Crippen LogP contribution is 2.30. The molecule has 0 aromatic rings. The van der Waals surface area contributed by atoms with Crippen LogP contribution < -0.4 is 5.73 Å². The minimum atomic E-state index is 0.489. The number of hydrogen-bond acceptors (Lipinski definition) is 2. The van der Waals surface area contributed by atoms with Crippen LogP contribution in [0.5, 0.6) is 0 Å². The van der Waals surface area contributed by atoms with Crippen LogP contribution in [0.25, 0.3) is 0 Å². The van der Waals surface area contributed by atoms with Gasteiger partial charge in [-0.15, -0.1) is 0 Å². The Morgan fingerprint density at radius 3 is 2.25 bits per heavy atom. The Morgan fingerprint density at radius 1 is 1.06 bits per heavy atom. The molecule has 0 aromatic carbocycles. The molecular formula is C14H28N2. The third kappa shape index (κ3) is 3.21. The minimum Gasteiger partial charge on any atom is -0.328 e. The van der Waals surface area contributed by atoms with E-state index in [0.717, 1.165) is 12.0 Å². The third-order valence-electron chi connectivity index (χ3n) is 4.49. The first-order valence-electron chi connectivity index (χ1n) is 7.29. The summed E-state index contributed by atoms with van der Waals surface area (Å²) in [6.45, 7) is 4.98. The molecule has 2 fully saturated rings. The van der Waals surface area contributed by atoms with E-state index in [2.05, 4.69) is 11.8 Å². The quantitative estimate of drug-likeness (QED) is 0.778. The molecule has 2 aliphatic carbocycles. The summed E-state index contributed by atoms with van der Waals surface area (Å²) in [5.41, 5.74) is 5.99. The van der Waals surface area contributed by atoms with Gasteiger partial charge in [-0.3, -0.25) is 0 Å². The Kier molecular flexibility index (Phi) is 4.66. The van der Waals surface area contributed by atoms with Crippen LogP contribution >= 0.6 is 0 Å². The normalized spacial score (nSPS) is 31.7. The van der Waals surface area contributed by atoms with E-state index in [0.29, 0.717) is 6.04 Å². The number of rotatable bonds is 5. The van der Waals surface area contributed by atoms with Gasteiger partial charge in [-0.05, 0) is 57.4 Å². The maximum Gasteiger partial charge on any atom is 0.00965 e. The van der Waals surface area contributed by atoms with E-state index in [4.69, 9.17) is 5.73 Å². The van der Waals surface area contributed by atoms with Gasteiger partial charge in [-0.1, -0.05) is 13.3 Å². The van der Waals surface area contributed by atoms with Gasteiger partial charge in [0.15, 0.2) is 0 Å². The largest absolute Gasteiger partial charge is 0.328 e. The molecule has 0 unspecified atom stereocenters. The zero-order valence-electron chi connectivity index (χ0n) is 10.8. The number of nitrogens with two attached hydrogens (primary N) is 1. The lowest BCUT2D eigenvalue weighted by atomic mass is 9.83. The van der Waals surface area contributed by atoms with Gasteiger partial charge in [0.05, 0.1) is 0 Å². The molecule has 2 N–H and O–H groups in total. The van der Waals surface area contributed by atoms with Crippen molar-refractivity contribution in [3.05, 3.63) is 0 Å². The lowest BCUT2D eigenvalue weighted by molar-refractivity contribution is 0.104. The molecule has 0 aromatic heterocycles. The lowest BCUT2D eigenvalue weighted by Gasteiger charge is -2.40. The highest BCUT2D eigenvalue weighted by atomic mass is 15.2. The standard InChI is InChI=1S/C14H28N2/c1-2-10-16(11-12-4-3-5-12)14-8-6-13(15)7-9-14/h12-14H,2-11,15H2,1H3. The van der Waals surface area contributed by atoms with Crippen molar-refractivity contribution in [3.63, 3.8) is 0 Å². The monoisotopic (exact) mass is 224 g/mol. The van der Waals surface area contributed by atoms with Crippen molar-refractivity contribution < 1.29 is 0 Å². The predicted molar refractivity (Wildman–Crippen MR) is 69.4 cm³/mol. The van der Waals surface area contributed by atoms with E-state index in [1.807, 2.05) is 0 Å². The van der Waals surface area contributed by atoms with Gasteiger partial charge >= 0.3 is 0 Å². The summed E-state index contributed by atoms with van der Waals surface area (Å²) in [7, 11) is 0.